The van der Waals surface area contributed by atoms with Crippen molar-refractivity contribution in [2.75, 3.05) is 11.0 Å². The van der Waals surface area contributed by atoms with Crippen LogP contribution >= 0.6 is 22.6 Å². The van der Waals surface area contributed by atoms with Crippen LogP contribution in [0.15, 0.2) is 24.3 Å². The van der Waals surface area contributed by atoms with Gasteiger partial charge in [0.25, 0.3) is 0 Å². The van der Waals surface area contributed by atoms with Crippen LogP contribution in [0.3, 0.4) is 0 Å². The Morgan fingerprint density at radius 3 is 2.53 bits per heavy atom. The summed E-state index contributed by atoms with van der Waals surface area (Å²) in [6.07, 6.45) is 4.03. The van der Waals surface area contributed by atoms with Crippen LogP contribution in [0, 0.1) is 6.92 Å². The molecule has 0 saturated heterocycles. The first-order valence-corrected chi connectivity index (χ1v) is 7.63. The molecular formula is C14H20INO. The number of halogens is 1. The van der Waals surface area contributed by atoms with E-state index in [2.05, 4.69) is 34.8 Å². The lowest BCUT2D eigenvalue weighted by atomic mass is 10.1. The van der Waals surface area contributed by atoms with E-state index in [1.165, 1.54) is 22.8 Å². The molecule has 0 aromatic heterocycles. The summed E-state index contributed by atoms with van der Waals surface area (Å²) in [6.45, 7) is 2.86. The zero-order valence-corrected chi connectivity index (χ0v) is 12.5. The molecule has 0 atom stereocenters. The van der Waals surface area contributed by atoms with Gasteiger partial charge >= 0.3 is 0 Å². The number of carbonyl (C=O) groups excluding carboxylic acids is 1. The number of nitrogens with one attached hydrogen (secondary N) is 1. The summed E-state index contributed by atoms with van der Waals surface area (Å²) in [5.41, 5.74) is 2.31. The minimum absolute atomic E-state index is 0.128. The average Bonchev–Trinajstić information content (AvgIpc) is 2.32. The molecule has 94 valence electrons. The Hall–Kier alpha value is -0.580. The van der Waals surface area contributed by atoms with Gasteiger partial charge in [0.15, 0.2) is 0 Å². The number of aryl methyl sites for hydroxylation is 1. The van der Waals surface area contributed by atoms with Gasteiger partial charge in [-0.15, -0.1) is 0 Å². The summed E-state index contributed by atoms with van der Waals surface area (Å²) in [6, 6.07) is 8.13. The molecule has 0 aliphatic rings. The molecule has 1 aromatic carbocycles. The maximum Gasteiger partial charge on any atom is 0.224 e. The summed E-state index contributed by atoms with van der Waals surface area (Å²) in [7, 11) is 0. The van der Waals surface area contributed by atoms with E-state index in [0.717, 1.165) is 18.5 Å². The van der Waals surface area contributed by atoms with Gasteiger partial charge in [0.05, 0.1) is 6.42 Å². The summed E-state index contributed by atoms with van der Waals surface area (Å²) in [4.78, 5) is 11.6. The van der Waals surface area contributed by atoms with Crippen LogP contribution in [0.2, 0.25) is 0 Å². The van der Waals surface area contributed by atoms with E-state index in [4.69, 9.17) is 0 Å². The van der Waals surface area contributed by atoms with Gasteiger partial charge in [0.1, 0.15) is 0 Å². The van der Waals surface area contributed by atoms with Crippen molar-refractivity contribution in [3.05, 3.63) is 35.4 Å². The minimum Gasteiger partial charge on any atom is -0.356 e. The maximum atomic E-state index is 11.6. The number of hydrogen-bond donors (Lipinski definition) is 1. The predicted octanol–water partition coefficient (Wildman–Crippen LogP) is 3.26. The molecule has 0 saturated carbocycles. The van der Waals surface area contributed by atoms with Crippen LogP contribution in [-0.4, -0.2) is 16.9 Å². The van der Waals surface area contributed by atoms with Crippen molar-refractivity contribution in [2.24, 2.45) is 0 Å². The molecule has 1 aromatic rings. The van der Waals surface area contributed by atoms with E-state index >= 15 is 0 Å². The Morgan fingerprint density at radius 1 is 1.18 bits per heavy atom. The molecular weight excluding hydrogens is 325 g/mol. The van der Waals surface area contributed by atoms with Crippen LogP contribution < -0.4 is 5.32 Å². The molecule has 0 heterocycles. The van der Waals surface area contributed by atoms with Gasteiger partial charge in [-0.3, -0.25) is 4.79 Å². The van der Waals surface area contributed by atoms with Gasteiger partial charge < -0.3 is 5.32 Å². The van der Waals surface area contributed by atoms with Crippen molar-refractivity contribution in [3.63, 3.8) is 0 Å². The lowest BCUT2D eigenvalue weighted by Crippen LogP contribution is -2.26. The topological polar surface area (TPSA) is 29.1 Å². The van der Waals surface area contributed by atoms with Crippen molar-refractivity contribution in [3.8, 4) is 0 Å². The van der Waals surface area contributed by atoms with E-state index in [-0.39, 0.29) is 5.91 Å². The zero-order chi connectivity index (χ0) is 12.5. The lowest BCUT2D eigenvalue weighted by molar-refractivity contribution is -0.120. The third-order valence-electron chi connectivity index (χ3n) is 2.62. The van der Waals surface area contributed by atoms with E-state index in [9.17, 15) is 4.79 Å². The first kappa shape index (κ1) is 14.5. The Morgan fingerprint density at radius 2 is 1.88 bits per heavy atom. The number of carbonyl (C=O) groups is 1. The Labute approximate surface area is 117 Å². The first-order valence-electron chi connectivity index (χ1n) is 6.10. The Balaban J connectivity index is 2.18. The maximum absolute atomic E-state index is 11.6. The summed E-state index contributed by atoms with van der Waals surface area (Å²) >= 11 is 2.38. The van der Waals surface area contributed by atoms with E-state index in [1.807, 2.05) is 24.3 Å². The summed E-state index contributed by atoms with van der Waals surface area (Å²) < 4.78 is 1.20. The summed E-state index contributed by atoms with van der Waals surface area (Å²) in [5.74, 6) is 0.128. The summed E-state index contributed by atoms with van der Waals surface area (Å²) in [5, 5.41) is 2.96. The second-order valence-electron chi connectivity index (χ2n) is 4.26. The van der Waals surface area contributed by atoms with Crippen molar-refractivity contribution < 1.29 is 4.79 Å². The number of amides is 1. The second-order valence-corrected chi connectivity index (χ2v) is 5.34. The highest BCUT2D eigenvalue weighted by atomic mass is 127. The molecule has 2 nitrogen and oxygen atoms in total. The Bertz CT molecular complexity index is 335. The number of alkyl halides is 1. The van der Waals surface area contributed by atoms with Crippen LogP contribution in [-0.2, 0) is 11.2 Å². The molecule has 0 unspecified atom stereocenters. The van der Waals surface area contributed by atoms with Crippen LogP contribution in [0.4, 0.5) is 0 Å². The standard InChI is InChI=1S/C14H20INO/c1-12-5-7-13(8-6-12)11-14(17)16-10-4-2-3-9-15/h5-8H,2-4,9-11H2,1H3,(H,16,17). The van der Waals surface area contributed by atoms with Gasteiger partial charge in [-0.1, -0.05) is 58.8 Å². The highest BCUT2D eigenvalue weighted by Gasteiger charge is 2.02. The molecule has 0 radical (unpaired) electrons. The number of unbranched alkanes of at least 4 members (excludes halogenated alkanes) is 2. The SMILES string of the molecule is Cc1ccc(CC(=O)NCCCCCI)cc1. The van der Waals surface area contributed by atoms with Crippen molar-refractivity contribution in [1.82, 2.24) is 5.32 Å². The molecule has 3 heteroatoms. The molecule has 0 fully saturated rings. The highest BCUT2D eigenvalue weighted by Crippen LogP contribution is 2.04. The molecule has 0 aliphatic heterocycles. The van der Waals surface area contributed by atoms with Crippen LogP contribution in [0.5, 0.6) is 0 Å². The van der Waals surface area contributed by atoms with E-state index in [1.54, 1.807) is 0 Å². The third-order valence-corrected chi connectivity index (χ3v) is 3.38. The molecule has 0 bridgehead atoms. The van der Waals surface area contributed by atoms with E-state index < -0.39 is 0 Å². The largest absolute Gasteiger partial charge is 0.356 e. The number of rotatable bonds is 7. The lowest BCUT2D eigenvalue weighted by Gasteiger charge is -2.05. The second kappa shape index (κ2) is 8.50. The fourth-order valence-corrected chi connectivity index (χ4v) is 2.12. The van der Waals surface area contributed by atoms with Gasteiger partial charge in [-0.25, -0.2) is 0 Å². The van der Waals surface area contributed by atoms with Gasteiger partial charge in [-0.05, 0) is 29.8 Å². The molecule has 0 aliphatic carbocycles. The number of hydrogen-bond acceptors (Lipinski definition) is 1. The third kappa shape index (κ3) is 6.66. The van der Waals surface area contributed by atoms with E-state index in [0.29, 0.717) is 6.42 Å². The molecule has 17 heavy (non-hydrogen) atoms. The molecule has 1 rings (SSSR count). The van der Waals surface area contributed by atoms with Crippen molar-refractivity contribution in [1.29, 1.82) is 0 Å². The smallest absolute Gasteiger partial charge is 0.224 e. The molecule has 1 N–H and O–H groups in total. The van der Waals surface area contributed by atoms with Crippen LogP contribution in [0.25, 0.3) is 0 Å². The fourth-order valence-electron chi connectivity index (χ4n) is 1.58. The average molecular weight is 345 g/mol. The Kier molecular flexibility index (Phi) is 7.24. The highest BCUT2D eigenvalue weighted by molar-refractivity contribution is 14.1. The number of benzene rings is 1. The minimum atomic E-state index is 0.128. The van der Waals surface area contributed by atoms with Crippen LogP contribution in [0.1, 0.15) is 30.4 Å². The molecule has 0 spiro atoms. The van der Waals surface area contributed by atoms with Gasteiger partial charge in [0, 0.05) is 6.54 Å². The van der Waals surface area contributed by atoms with Gasteiger partial charge in [-0.2, -0.15) is 0 Å². The fraction of sp³-hybridized carbons (Fsp3) is 0.500. The monoisotopic (exact) mass is 345 g/mol. The quantitative estimate of drug-likeness (QED) is 0.459. The molecule has 1 amide bonds. The van der Waals surface area contributed by atoms with Gasteiger partial charge in [0.2, 0.25) is 5.91 Å². The van der Waals surface area contributed by atoms with Crippen molar-refractivity contribution >= 4 is 28.5 Å². The zero-order valence-electron chi connectivity index (χ0n) is 10.3. The van der Waals surface area contributed by atoms with Crippen molar-refractivity contribution in [2.45, 2.75) is 32.6 Å². The predicted molar refractivity (Wildman–Crippen MR) is 80.6 cm³/mol. The normalized spacial score (nSPS) is 10.2. The first-order chi connectivity index (χ1) is 8.22.